The molecule has 1 saturated carbocycles. The molecule has 2 heterocycles. The molecule has 0 radical (unpaired) electrons. The van der Waals surface area contributed by atoms with Crippen LogP contribution in [0.25, 0.3) is 0 Å². The van der Waals surface area contributed by atoms with E-state index in [1.807, 2.05) is 0 Å². The van der Waals surface area contributed by atoms with Gasteiger partial charge in [-0.3, -0.25) is 4.90 Å². The van der Waals surface area contributed by atoms with Gasteiger partial charge in [0.15, 0.2) is 0 Å². The number of rotatable bonds is 5. The summed E-state index contributed by atoms with van der Waals surface area (Å²) >= 11 is 0. The lowest BCUT2D eigenvalue weighted by molar-refractivity contribution is 0.0256. The van der Waals surface area contributed by atoms with E-state index in [-0.39, 0.29) is 6.03 Å². The Balaban J connectivity index is 1.47. The first-order chi connectivity index (χ1) is 11.3. The van der Waals surface area contributed by atoms with Crippen molar-refractivity contribution in [2.75, 3.05) is 6.54 Å². The summed E-state index contributed by atoms with van der Waals surface area (Å²) in [4.78, 5) is 15.1. The van der Waals surface area contributed by atoms with Gasteiger partial charge in [0, 0.05) is 24.2 Å². The Morgan fingerprint density at radius 2 is 1.57 bits per heavy atom. The maximum Gasteiger partial charge on any atom is 0.315 e. The maximum absolute atomic E-state index is 12.3. The zero-order valence-corrected chi connectivity index (χ0v) is 14.9. The Morgan fingerprint density at radius 1 is 0.913 bits per heavy atom. The minimum absolute atomic E-state index is 0.0852. The lowest BCUT2D eigenvalue weighted by Gasteiger charge is -2.49. The van der Waals surface area contributed by atoms with E-state index in [1.165, 1.54) is 57.9 Å². The summed E-state index contributed by atoms with van der Waals surface area (Å²) in [5.74, 6) is 0. The molecule has 2 N–H and O–H groups in total. The van der Waals surface area contributed by atoms with Crippen LogP contribution in [-0.4, -0.2) is 41.6 Å². The first-order valence-electron chi connectivity index (χ1n) is 10.1. The normalized spacial score (nSPS) is 32.5. The van der Waals surface area contributed by atoms with Crippen LogP contribution in [0.2, 0.25) is 0 Å². The first kappa shape index (κ1) is 17.1. The fraction of sp³-hybridized carbons (Fsp3) is 0.947. The smallest absolute Gasteiger partial charge is 0.315 e. The number of hydrogen-bond donors (Lipinski definition) is 2. The van der Waals surface area contributed by atoms with Crippen molar-refractivity contribution in [2.24, 2.45) is 0 Å². The van der Waals surface area contributed by atoms with Gasteiger partial charge in [0.1, 0.15) is 0 Å². The predicted molar refractivity (Wildman–Crippen MR) is 94.6 cm³/mol. The van der Waals surface area contributed by atoms with Crippen LogP contribution in [0.15, 0.2) is 0 Å². The summed E-state index contributed by atoms with van der Waals surface area (Å²) in [5.41, 5.74) is 0. The molecule has 0 spiro atoms. The minimum atomic E-state index is 0.0852. The van der Waals surface area contributed by atoms with E-state index in [0.717, 1.165) is 25.7 Å². The van der Waals surface area contributed by atoms with E-state index in [0.29, 0.717) is 24.2 Å². The van der Waals surface area contributed by atoms with Crippen LogP contribution in [0.4, 0.5) is 4.79 Å². The third kappa shape index (κ3) is 4.62. The number of piperidine rings is 2. The predicted octanol–water partition coefficient (Wildman–Crippen LogP) is 3.80. The first-order valence-corrected chi connectivity index (χ1v) is 10.1. The number of carbonyl (C=O) groups is 1. The highest BCUT2D eigenvalue weighted by Gasteiger charge is 2.38. The van der Waals surface area contributed by atoms with Crippen LogP contribution in [0.1, 0.15) is 84.0 Å². The van der Waals surface area contributed by atoms with Crippen molar-refractivity contribution in [2.45, 2.75) is 108 Å². The average Bonchev–Trinajstić information content (AvgIpc) is 2.53. The molecule has 2 atom stereocenters. The van der Waals surface area contributed by atoms with Crippen molar-refractivity contribution < 1.29 is 4.79 Å². The van der Waals surface area contributed by atoms with Crippen LogP contribution in [0, 0.1) is 0 Å². The number of hydrogen-bond acceptors (Lipinski definition) is 2. The molecule has 2 aliphatic heterocycles. The maximum atomic E-state index is 12.3. The highest BCUT2D eigenvalue weighted by molar-refractivity contribution is 5.74. The molecule has 4 nitrogen and oxygen atoms in total. The SMILES string of the molecule is CCCCN1C2CCCC1CC(NC(=O)NC1CCCCC1)C2. The van der Waals surface area contributed by atoms with Crippen molar-refractivity contribution in [3.05, 3.63) is 0 Å². The Labute approximate surface area is 141 Å². The van der Waals surface area contributed by atoms with Gasteiger partial charge in [0.25, 0.3) is 0 Å². The minimum Gasteiger partial charge on any atom is -0.335 e. The third-order valence-electron chi connectivity index (χ3n) is 6.17. The third-order valence-corrected chi connectivity index (χ3v) is 6.17. The summed E-state index contributed by atoms with van der Waals surface area (Å²) < 4.78 is 0. The van der Waals surface area contributed by atoms with E-state index in [1.54, 1.807) is 0 Å². The van der Waals surface area contributed by atoms with Crippen LogP contribution in [0.5, 0.6) is 0 Å². The monoisotopic (exact) mass is 321 g/mol. The summed E-state index contributed by atoms with van der Waals surface area (Å²) in [7, 11) is 0. The molecule has 2 amide bonds. The van der Waals surface area contributed by atoms with E-state index in [2.05, 4.69) is 22.5 Å². The molecule has 132 valence electrons. The average molecular weight is 322 g/mol. The van der Waals surface area contributed by atoms with Gasteiger partial charge in [-0.2, -0.15) is 0 Å². The zero-order valence-electron chi connectivity index (χ0n) is 14.9. The van der Waals surface area contributed by atoms with Crippen molar-refractivity contribution in [1.82, 2.24) is 15.5 Å². The fourth-order valence-electron chi connectivity index (χ4n) is 4.96. The van der Waals surface area contributed by atoms with E-state index in [4.69, 9.17) is 0 Å². The molecule has 23 heavy (non-hydrogen) atoms. The lowest BCUT2D eigenvalue weighted by Crippen LogP contribution is -2.58. The molecule has 2 unspecified atom stereocenters. The summed E-state index contributed by atoms with van der Waals surface area (Å²) in [5, 5.41) is 6.51. The van der Waals surface area contributed by atoms with Crippen LogP contribution < -0.4 is 10.6 Å². The van der Waals surface area contributed by atoms with Gasteiger partial charge in [-0.05, 0) is 51.5 Å². The summed E-state index contributed by atoms with van der Waals surface area (Å²) in [6, 6.07) is 2.28. The molecule has 3 aliphatic rings. The quantitative estimate of drug-likeness (QED) is 0.809. The van der Waals surface area contributed by atoms with Crippen LogP contribution in [0.3, 0.4) is 0 Å². The number of amides is 2. The van der Waals surface area contributed by atoms with Gasteiger partial charge in [-0.25, -0.2) is 4.79 Å². The molecule has 3 fully saturated rings. The largest absolute Gasteiger partial charge is 0.335 e. The molecule has 1 aliphatic carbocycles. The standard InChI is InChI=1S/C19H35N3O/c1-2-3-12-22-17-10-7-11-18(22)14-16(13-17)21-19(23)20-15-8-5-4-6-9-15/h15-18H,2-14H2,1H3,(H2,20,21,23). The Bertz CT molecular complexity index is 367. The molecule has 2 saturated heterocycles. The molecule has 2 bridgehead atoms. The highest BCUT2D eigenvalue weighted by Crippen LogP contribution is 2.34. The number of carbonyl (C=O) groups excluding carboxylic acids is 1. The fourth-order valence-corrected chi connectivity index (χ4v) is 4.96. The Hall–Kier alpha value is -0.770. The van der Waals surface area contributed by atoms with E-state index < -0.39 is 0 Å². The molecule has 0 aromatic rings. The van der Waals surface area contributed by atoms with Gasteiger partial charge in [-0.15, -0.1) is 0 Å². The second-order valence-electron chi connectivity index (χ2n) is 7.95. The molecule has 0 aromatic carbocycles. The molecule has 4 heteroatoms. The number of nitrogens with zero attached hydrogens (tertiary/aromatic N) is 1. The van der Waals surface area contributed by atoms with Gasteiger partial charge in [-0.1, -0.05) is 39.0 Å². The number of fused-ring (bicyclic) bond motifs is 2. The highest BCUT2D eigenvalue weighted by atomic mass is 16.2. The van der Waals surface area contributed by atoms with E-state index >= 15 is 0 Å². The number of nitrogens with one attached hydrogen (secondary N) is 2. The second-order valence-corrected chi connectivity index (χ2v) is 7.95. The molecular formula is C19H35N3O. The van der Waals surface area contributed by atoms with Crippen molar-refractivity contribution in [3.63, 3.8) is 0 Å². The Morgan fingerprint density at radius 3 is 2.22 bits per heavy atom. The van der Waals surface area contributed by atoms with Crippen molar-refractivity contribution in [1.29, 1.82) is 0 Å². The van der Waals surface area contributed by atoms with Gasteiger partial charge < -0.3 is 10.6 Å². The van der Waals surface area contributed by atoms with Crippen molar-refractivity contribution >= 4 is 6.03 Å². The second kappa shape index (κ2) is 8.36. The van der Waals surface area contributed by atoms with Gasteiger partial charge in [0.05, 0.1) is 0 Å². The summed E-state index contributed by atoms with van der Waals surface area (Å²) in [6.07, 6.45) is 15.1. The topological polar surface area (TPSA) is 44.4 Å². The number of urea groups is 1. The molecule has 0 aromatic heterocycles. The van der Waals surface area contributed by atoms with Crippen LogP contribution in [-0.2, 0) is 0 Å². The van der Waals surface area contributed by atoms with Crippen molar-refractivity contribution in [3.8, 4) is 0 Å². The van der Waals surface area contributed by atoms with Gasteiger partial charge >= 0.3 is 6.03 Å². The summed E-state index contributed by atoms with van der Waals surface area (Å²) in [6.45, 7) is 3.53. The Kier molecular flexibility index (Phi) is 6.21. The zero-order chi connectivity index (χ0) is 16.1. The van der Waals surface area contributed by atoms with E-state index in [9.17, 15) is 4.79 Å². The molecular weight excluding hydrogens is 286 g/mol. The van der Waals surface area contributed by atoms with Crippen LogP contribution >= 0.6 is 0 Å². The lowest BCUT2D eigenvalue weighted by atomic mass is 9.81. The van der Waals surface area contributed by atoms with Gasteiger partial charge in [0.2, 0.25) is 0 Å². The number of unbranched alkanes of at least 4 members (excludes halogenated alkanes) is 1. The molecule has 3 rings (SSSR count).